The van der Waals surface area contributed by atoms with Crippen molar-refractivity contribution < 1.29 is 0 Å². The van der Waals surface area contributed by atoms with Crippen LogP contribution in [0.2, 0.25) is 0 Å². The smallest absolute Gasteiger partial charge is 0.143 e. The van der Waals surface area contributed by atoms with Crippen molar-refractivity contribution in [3.63, 3.8) is 0 Å². The number of nitroso groups, excluding NO2 is 1. The van der Waals surface area contributed by atoms with Crippen LogP contribution in [-0.4, -0.2) is 0 Å². The first kappa shape index (κ1) is 11.8. The van der Waals surface area contributed by atoms with Crippen LogP contribution in [0.3, 0.4) is 0 Å². The highest BCUT2D eigenvalue weighted by atomic mass is 79.9. The van der Waals surface area contributed by atoms with Crippen molar-refractivity contribution in [2.45, 2.75) is 6.04 Å². The Bertz CT molecular complexity index is 857. The summed E-state index contributed by atoms with van der Waals surface area (Å²) in [6.07, 6.45) is 0. The number of nitrogens with zero attached hydrogens (tertiary/aromatic N) is 1. The number of hydrogen-bond donors (Lipinski definition) is 0. The minimum atomic E-state index is -0.420. The lowest BCUT2D eigenvalue weighted by Gasteiger charge is -2.24. The molecule has 0 N–H and O–H groups in total. The number of hydrogen-bond acceptors (Lipinski definition) is 2. The third-order valence-corrected chi connectivity index (χ3v) is 4.66. The lowest BCUT2D eigenvalue weighted by atomic mass is 9.81. The van der Waals surface area contributed by atoms with E-state index in [1.165, 1.54) is 5.56 Å². The van der Waals surface area contributed by atoms with Gasteiger partial charge in [-0.2, -0.15) is 0 Å². The maximum atomic E-state index is 11.4. The highest BCUT2D eigenvalue weighted by Crippen LogP contribution is 2.47. The van der Waals surface area contributed by atoms with Gasteiger partial charge in [0.25, 0.3) is 0 Å². The van der Waals surface area contributed by atoms with E-state index in [1.54, 1.807) is 0 Å². The van der Waals surface area contributed by atoms with Crippen LogP contribution in [0.4, 0.5) is 0 Å². The minimum Gasteiger partial charge on any atom is -0.150 e. The fourth-order valence-corrected chi connectivity index (χ4v) is 3.58. The molecule has 0 fully saturated rings. The van der Waals surface area contributed by atoms with Crippen LogP contribution in [0.15, 0.2) is 64.2 Å². The summed E-state index contributed by atoms with van der Waals surface area (Å²) >= 11 is 3.59. The molecule has 1 aliphatic rings. The van der Waals surface area contributed by atoms with E-state index in [0.717, 1.165) is 31.9 Å². The SMILES string of the molecule is O=NC1c2ccccc2-c2ccc(Br)c3cccc1c23. The van der Waals surface area contributed by atoms with E-state index in [-0.39, 0.29) is 0 Å². The van der Waals surface area contributed by atoms with E-state index in [2.05, 4.69) is 45.4 Å². The molecule has 0 radical (unpaired) electrons. The molecule has 0 bridgehead atoms. The van der Waals surface area contributed by atoms with Gasteiger partial charge in [-0.3, -0.25) is 0 Å². The summed E-state index contributed by atoms with van der Waals surface area (Å²) in [6.45, 7) is 0. The Morgan fingerprint density at radius 3 is 2.50 bits per heavy atom. The van der Waals surface area contributed by atoms with Crippen LogP contribution in [0, 0.1) is 4.91 Å². The van der Waals surface area contributed by atoms with E-state index in [1.807, 2.05) is 30.3 Å². The Labute approximate surface area is 124 Å². The Morgan fingerprint density at radius 1 is 0.850 bits per heavy atom. The van der Waals surface area contributed by atoms with Gasteiger partial charge in [-0.1, -0.05) is 69.6 Å². The molecule has 0 saturated carbocycles. The lowest BCUT2D eigenvalue weighted by molar-refractivity contribution is 0.868. The largest absolute Gasteiger partial charge is 0.150 e. The van der Waals surface area contributed by atoms with Crippen molar-refractivity contribution in [3.8, 4) is 11.1 Å². The molecule has 2 nitrogen and oxygen atoms in total. The van der Waals surface area contributed by atoms with Crippen molar-refractivity contribution in [1.29, 1.82) is 0 Å². The molecule has 0 aliphatic heterocycles. The Balaban J connectivity index is 2.25. The maximum absolute atomic E-state index is 11.4. The second kappa shape index (κ2) is 4.25. The summed E-state index contributed by atoms with van der Waals surface area (Å²) in [6, 6.07) is 17.8. The highest BCUT2D eigenvalue weighted by molar-refractivity contribution is 9.10. The first-order valence-electron chi connectivity index (χ1n) is 6.44. The van der Waals surface area contributed by atoms with Crippen molar-refractivity contribution in [2.24, 2.45) is 5.18 Å². The molecule has 0 saturated heterocycles. The van der Waals surface area contributed by atoms with E-state index < -0.39 is 6.04 Å². The summed E-state index contributed by atoms with van der Waals surface area (Å²) < 4.78 is 1.04. The zero-order valence-electron chi connectivity index (χ0n) is 10.5. The van der Waals surface area contributed by atoms with Gasteiger partial charge in [-0.15, -0.1) is 4.91 Å². The maximum Gasteiger partial charge on any atom is 0.143 e. The van der Waals surface area contributed by atoms with E-state index in [4.69, 9.17) is 0 Å². The third kappa shape index (κ3) is 1.44. The molecule has 3 heteroatoms. The summed E-state index contributed by atoms with van der Waals surface area (Å²) in [4.78, 5) is 11.4. The molecule has 0 heterocycles. The van der Waals surface area contributed by atoms with E-state index in [0.29, 0.717) is 0 Å². The van der Waals surface area contributed by atoms with Crippen LogP contribution >= 0.6 is 15.9 Å². The minimum absolute atomic E-state index is 0.420. The summed E-state index contributed by atoms with van der Waals surface area (Å²) in [5, 5.41) is 5.63. The Kier molecular flexibility index (Phi) is 2.51. The molecule has 1 unspecified atom stereocenters. The molecule has 20 heavy (non-hydrogen) atoms. The van der Waals surface area contributed by atoms with Crippen molar-refractivity contribution >= 4 is 26.7 Å². The van der Waals surface area contributed by atoms with Crippen LogP contribution in [-0.2, 0) is 0 Å². The van der Waals surface area contributed by atoms with E-state index in [9.17, 15) is 4.91 Å². The molecule has 0 spiro atoms. The Hall–Kier alpha value is -2.00. The molecular weight excluding hydrogens is 314 g/mol. The second-order valence-corrected chi connectivity index (χ2v) is 5.81. The molecular formula is C17H10BrNO. The summed E-state index contributed by atoms with van der Waals surface area (Å²) in [5.74, 6) is 0. The quantitative estimate of drug-likeness (QED) is 0.548. The summed E-state index contributed by atoms with van der Waals surface area (Å²) in [7, 11) is 0. The fraction of sp³-hybridized carbons (Fsp3) is 0.0588. The molecule has 1 atom stereocenters. The molecule has 3 aromatic rings. The monoisotopic (exact) mass is 323 g/mol. The van der Waals surface area contributed by atoms with Gasteiger partial charge in [0.05, 0.1) is 0 Å². The third-order valence-electron chi connectivity index (χ3n) is 3.97. The van der Waals surface area contributed by atoms with E-state index >= 15 is 0 Å². The van der Waals surface area contributed by atoms with Crippen molar-refractivity contribution in [1.82, 2.24) is 0 Å². The normalized spacial score (nSPS) is 15.9. The molecule has 1 aliphatic carbocycles. The van der Waals surface area contributed by atoms with Crippen LogP contribution in [0.5, 0.6) is 0 Å². The van der Waals surface area contributed by atoms with Crippen molar-refractivity contribution in [2.75, 3.05) is 0 Å². The average molecular weight is 324 g/mol. The standard InChI is InChI=1S/C17H10BrNO/c18-15-9-8-11-10-4-1-2-5-12(10)17(19-20)14-7-3-6-13(15)16(11)14/h1-9,17H. The molecule has 0 aromatic heterocycles. The van der Waals surface area contributed by atoms with Crippen molar-refractivity contribution in [3.05, 3.63) is 75.1 Å². The predicted octanol–water partition coefficient (Wildman–Crippen LogP) is 5.44. The molecule has 96 valence electrons. The first-order valence-corrected chi connectivity index (χ1v) is 7.23. The zero-order valence-corrected chi connectivity index (χ0v) is 12.1. The molecule has 3 aromatic carbocycles. The number of rotatable bonds is 1. The van der Waals surface area contributed by atoms with Crippen LogP contribution in [0.25, 0.3) is 21.9 Å². The van der Waals surface area contributed by atoms with Gasteiger partial charge >= 0.3 is 0 Å². The first-order chi connectivity index (χ1) is 9.81. The van der Waals surface area contributed by atoms with Gasteiger partial charge in [0.2, 0.25) is 0 Å². The zero-order chi connectivity index (χ0) is 13.7. The topological polar surface area (TPSA) is 29.4 Å². The van der Waals surface area contributed by atoms with Gasteiger partial charge in [0.1, 0.15) is 6.04 Å². The Morgan fingerprint density at radius 2 is 1.65 bits per heavy atom. The lowest BCUT2D eigenvalue weighted by Crippen LogP contribution is -2.06. The number of benzene rings is 3. The highest BCUT2D eigenvalue weighted by Gasteiger charge is 2.27. The van der Waals surface area contributed by atoms with Gasteiger partial charge < -0.3 is 0 Å². The fourth-order valence-electron chi connectivity index (χ4n) is 3.11. The van der Waals surface area contributed by atoms with Gasteiger partial charge in [-0.25, -0.2) is 0 Å². The van der Waals surface area contributed by atoms with Gasteiger partial charge in [0, 0.05) is 4.47 Å². The van der Waals surface area contributed by atoms with Gasteiger partial charge in [0.15, 0.2) is 0 Å². The number of halogens is 1. The predicted molar refractivity (Wildman–Crippen MR) is 84.7 cm³/mol. The van der Waals surface area contributed by atoms with Crippen LogP contribution in [0.1, 0.15) is 17.2 Å². The molecule has 4 rings (SSSR count). The average Bonchev–Trinajstić information content (AvgIpc) is 2.50. The van der Waals surface area contributed by atoms with Gasteiger partial charge in [-0.05, 0) is 39.1 Å². The second-order valence-electron chi connectivity index (χ2n) is 4.96. The number of fused-ring (bicyclic) bond motifs is 2. The molecule has 0 amide bonds. The summed E-state index contributed by atoms with van der Waals surface area (Å²) in [5.41, 5.74) is 4.26. The van der Waals surface area contributed by atoms with Crippen LogP contribution < -0.4 is 0 Å².